The minimum atomic E-state index is -0.461. The van der Waals surface area contributed by atoms with Crippen molar-refractivity contribution >= 4 is 38.8 Å². The Bertz CT molecular complexity index is 1140. The largest absolute Gasteiger partial charge is 0.326 e. The van der Waals surface area contributed by atoms with Crippen LogP contribution in [0.5, 0.6) is 0 Å². The van der Waals surface area contributed by atoms with E-state index in [1.54, 1.807) is 23.5 Å². The molecule has 0 aliphatic rings. The molecule has 1 aromatic heterocycles. The predicted octanol–water partition coefficient (Wildman–Crippen LogP) is 5.05. The number of nitro benzene ring substituents is 1. The third-order valence-electron chi connectivity index (χ3n) is 4.20. The first-order valence-electron chi connectivity index (χ1n) is 8.58. The monoisotopic (exact) mass is 389 g/mol. The van der Waals surface area contributed by atoms with Crippen molar-refractivity contribution in [2.45, 2.75) is 6.42 Å². The van der Waals surface area contributed by atoms with Gasteiger partial charge in [0.2, 0.25) is 5.91 Å². The van der Waals surface area contributed by atoms with E-state index in [2.05, 4.69) is 10.3 Å². The highest BCUT2D eigenvalue weighted by Gasteiger charge is 2.10. The second kappa shape index (κ2) is 7.58. The summed E-state index contributed by atoms with van der Waals surface area (Å²) in [4.78, 5) is 27.2. The van der Waals surface area contributed by atoms with Crippen LogP contribution < -0.4 is 5.32 Å². The van der Waals surface area contributed by atoms with Gasteiger partial charge >= 0.3 is 0 Å². The number of thiazole rings is 1. The lowest BCUT2D eigenvalue weighted by molar-refractivity contribution is -0.384. The zero-order valence-corrected chi connectivity index (χ0v) is 15.5. The summed E-state index contributed by atoms with van der Waals surface area (Å²) < 4.78 is 1.12. The average Bonchev–Trinajstić information content (AvgIpc) is 3.13. The number of carbonyl (C=O) groups is 1. The maximum atomic E-state index is 12.3. The molecule has 0 unspecified atom stereocenters. The number of non-ortho nitro benzene ring substituents is 1. The summed E-state index contributed by atoms with van der Waals surface area (Å²) in [6.45, 7) is 0. The number of nitro groups is 1. The highest BCUT2D eigenvalue weighted by Crippen LogP contribution is 2.31. The number of aromatic nitrogens is 1. The summed E-state index contributed by atoms with van der Waals surface area (Å²) in [6, 6.07) is 21.5. The SMILES string of the molecule is O=C(Cc1ccc([N+](=O)[O-])cc1)Nc1cccc(-c2nc3ccccc3s2)c1. The predicted molar refractivity (Wildman–Crippen MR) is 110 cm³/mol. The highest BCUT2D eigenvalue weighted by molar-refractivity contribution is 7.21. The molecule has 1 N–H and O–H groups in total. The first-order valence-corrected chi connectivity index (χ1v) is 9.39. The van der Waals surface area contributed by atoms with Crippen molar-refractivity contribution in [2.24, 2.45) is 0 Å². The molecule has 0 spiro atoms. The van der Waals surface area contributed by atoms with Crippen LogP contribution in [0.1, 0.15) is 5.56 Å². The Balaban J connectivity index is 1.48. The van der Waals surface area contributed by atoms with Gasteiger partial charge in [-0.3, -0.25) is 14.9 Å². The number of nitrogens with zero attached hydrogens (tertiary/aromatic N) is 2. The number of benzene rings is 3. The van der Waals surface area contributed by atoms with E-state index in [0.29, 0.717) is 11.3 Å². The number of hydrogen-bond donors (Lipinski definition) is 1. The molecule has 0 saturated carbocycles. The van der Waals surface area contributed by atoms with Crippen LogP contribution in [0.15, 0.2) is 72.8 Å². The topological polar surface area (TPSA) is 85.1 Å². The lowest BCUT2D eigenvalue weighted by atomic mass is 10.1. The number of hydrogen-bond acceptors (Lipinski definition) is 5. The lowest BCUT2D eigenvalue weighted by Crippen LogP contribution is -2.14. The van der Waals surface area contributed by atoms with Crippen LogP contribution >= 0.6 is 11.3 Å². The van der Waals surface area contributed by atoms with Crippen LogP contribution in [-0.2, 0) is 11.2 Å². The van der Waals surface area contributed by atoms with Crippen LogP contribution in [0, 0.1) is 10.1 Å². The lowest BCUT2D eigenvalue weighted by Gasteiger charge is -2.07. The molecule has 0 radical (unpaired) electrons. The Morgan fingerprint density at radius 2 is 1.82 bits per heavy atom. The van der Waals surface area contributed by atoms with Crippen molar-refractivity contribution in [3.05, 3.63) is 88.5 Å². The van der Waals surface area contributed by atoms with E-state index in [9.17, 15) is 14.9 Å². The quantitative estimate of drug-likeness (QED) is 0.382. The fourth-order valence-corrected chi connectivity index (χ4v) is 3.81. The summed E-state index contributed by atoms with van der Waals surface area (Å²) in [6.07, 6.45) is 0.142. The van der Waals surface area contributed by atoms with E-state index in [-0.39, 0.29) is 18.0 Å². The van der Waals surface area contributed by atoms with Gasteiger partial charge in [-0.1, -0.05) is 36.4 Å². The molecule has 138 valence electrons. The van der Waals surface area contributed by atoms with Gasteiger partial charge in [0.15, 0.2) is 0 Å². The maximum Gasteiger partial charge on any atom is 0.269 e. The number of nitrogens with one attached hydrogen (secondary N) is 1. The summed E-state index contributed by atoms with van der Waals surface area (Å²) in [5, 5.41) is 14.5. The molecule has 1 amide bonds. The first kappa shape index (κ1) is 17.8. The van der Waals surface area contributed by atoms with Crippen molar-refractivity contribution in [3.63, 3.8) is 0 Å². The normalized spacial score (nSPS) is 10.7. The van der Waals surface area contributed by atoms with Gasteiger partial charge in [-0.2, -0.15) is 0 Å². The van der Waals surface area contributed by atoms with E-state index in [0.717, 1.165) is 20.8 Å². The zero-order valence-electron chi connectivity index (χ0n) is 14.7. The second-order valence-corrected chi connectivity index (χ2v) is 7.25. The molecular formula is C21H15N3O3S. The molecule has 4 rings (SSSR count). The average molecular weight is 389 g/mol. The van der Waals surface area contributed by atoms with E-state index in [1.807, 2.05) is 48.5 Å². The molecule has 0 aliphatic carbocycles. The van der Waals surface area contributed by atoms with Crippen LogP contribution in [0.3, 0.4) is 0 Å². The molecule has 28 heavy (non-hydrogen) atoms. The number of para-hydroxylation sites is 1. The molecule has 0 atom stereocenters. The Morgan fingerprint density at radius 3 is 2.57 bits per heavy atom. The van der Waals surface area contributed by atoms with Crippen molar-refractivity contribution in [3.8, 4) is 10.6 Å². The minimum absolute atomic E-state index is 0.00712. The summed E-state index contributed by atoms with van der Waals surface area (Å²) in [7, 11) is 0. The molecule has 0 bridgehead atoms. The van der Waals surface area contributed by atoms with Gasteiger partial charge in [-0.25, -0.2) is 4.98 Å². The first-order chi connectivity index (χ1) is 13.6. The highest BCUT2D eigenvalue weighted by atomic mass is 32.1. The van der Waals surface area contributed by atoms with Crippen LogP contribution in [0.2, 0.25) is 0 Å². The third kappa shape index (κ3) is 3.89. The van der Waals surface area contributed by atoms with Gasteiger partial charge < -0.3 is 5.32 Å². The van der Waals surface area contributed by atoms with Gasteiger partial charge in [-0.05, 0) is 29.8 Å². The molecule has 7 heteroatoms. The Kier molecular flexibility index (Phi) is 4.82. The van der Waals surface area contributed by atoms with Crippen molar-refractivity contribution in [1.82, 2.24) is 4.98 Å². The number of anilines is 1. The van der Waals surface area contributed by atoms with E-state index in [1.165, 1.54) is 12.1 Å². The Labute approximate surface area is 164 Å². The van der Waals surface area contributed by atoms with Crippen LogP contribution in [0.25, 0.3) is 20.8 Å². The smallest absolute Gasteiger partial charge is 0.269 e. The maximum absolute atomic E-state index is 12.3. The van der Waals surface area contributed by atoms with Crippen molar-refractivity contribution < 1.29 is 9.72 Å². The van der Waals surface area contributed by atoms with Crippen LogP contribution in [0.4, 0.5) is 11.4 Å². The number of amides is 1. The van der Waals surface area contributed by atoms with Gasteiger partial charge in [-0.15, -0.1) is 11.3 Å². The molecule has 0 fully saturated rings. The third-order valence-corrected chi connectivity index (χ3v) is 5.28. The van der Waals surface area contributed by atoms with Gasteiger partial charge in [0, 0.05) is 23.4 Å². The fourth-order valence-electron chi connectivity index (χ4n) is 2.85. The standard InChI is InChI=1S/C21H15N3O3S/c25-20(12-14-8-10-17(11-9-14)24(26)27)22-16-5-3-4-15(13-16)21-23-18-6-1-2-7-19(18)28-21/h1-11,13H,12H2,(H,22,25). The molecule has 0 saturated heterocycles. The molecule has 0 aliphatic heterocycles. The molecule has 4 aromatic rings. The van der Waals surface area contributed by atoms with Crippen molar-refractivity contribution in [2.75, 3.05) is 5.32 Å². The fraction of sp³-hybridized carbons (Fsp3) is 0.0476. The number of rotatable bonds is 5. The van der Waals surface area contributed by atoms with Gasteiger partial charge in [0.1, 0.15) is 5.01 Å². The Morgan fingerprint density at radius 1 is 1.04 bits per heavy atom. The molecular weight excluding hydrogens is 374 g/mol. The molecule has 6 nitrogen and oxygen atoms in total. The van der Waals surface area contributed by atoms with E-state index >= 15 is 0 Å². The zero-order chi connectivity index (χ0) is 19.5. The van der Waals surface area contributed by atoms with E-state index < -0.39 is 4.92 Å². The molecule has 1 heterocycles. The number of fused-ring (bicyclic) bond motifs is 1. The summed E-state index contributed by atoms with van der Waals surface area (Å²) >= 11 is 1.61. The van der Waals surface area contributed by atoms with Gasteiger partial charge in [0.25, 0.3) is 5.69 Å². The summed E-state index contributed by atoms with van der Waals surface area (Å²) in [5.74, 6) is -0.185. The van der Waals surface area contributed by atoms with Crippen molar-refractivity contribution in [1.29, 1.82) is 0 Å². The minimum Gasteiger partial charge on any atom is -0.326 e. The number of carbonyl (C=O) groups excluding carboxylic acids is 1. The van der Waals surface area contributed by atoms with Crippen LogP contribution in [-0.4, -0.2) is 15.8 Å². The summed E-state index contributed by atoms with van der Waals surface area (Å²) in [5.41, 5.74) is 3.30. The van der Waals surface area contributed by atoms with E-state index in [4.69, 9.17) is 0 Å². The Hall–Kier alpha value is -3.58. The second-order valence-electron chi connectivity index (χ2n) is 6.22. The molecule has 3 aromatic carbocycles. The van der Waals surface area contributed by atoms with Gasteiger partial charge in [0.05, 0.1) is 21.6 Å².